The fourth-order valence-electron chi connectivity index (χ4n) is 7.33. The predicted octanol–water partition coefficient (Wildman–Crippen LogP) is 7.20. The first kappa shape index (κ1) is 27.4. The highest BCUT2D eigenvalue weighted by Gasteiger charge is 2.34. The molecule has 0 spiro atoms. The number of aromatic nitrogens is 3. The summed E-state index contributed by atoms with van der Waals surface area (Å²) in [5.74, 6) is 1.88. The van der Waals surface area contributed by atoms with E-state index in [9.17, 15) is 0 Å². The Morgan fingerprint density at radius 3 is 2.76 bits per heavy atom. The molecule has 7 nitrogen and oxygen atoms in total. The van der Waals surface area contributed by atoms with Crippen LogP contribution in [0.3, 0.4) is 0 Å². The van der Waals surface area contributed by atoms with Gasteiger partial charge in [0.15, 0.2) is 5.65 Å². The largest absolute Gasteiger partial charge is 0.491 e. The zero-order valence-electron chi connectivity index (χ0n) is 25.7. The lowest BCUT2D eigenvalue weighted by Gasteiger charge is -2.37. The van der Waals surface area contributed by atoms with Gasteiger partial charge in [-0.05, 0) is 98.9 Å². The normalized spacial score (nSPS) is 21.1. The lowest BCUT2D eigenvalue weighted by Crippen LogP contribution is -2.30. The molecule has 2 aromatic heterocycles. The van der Waals surface area contributed by atoms with Gasteiger partial charge in [0, 0.05) is 53.9 Å². The van der Waals surface area contributed by atoms with Crippen molar-refractivity contribution in [2.24, 2.45) is 10.4 Å². The van der Waals surface area contributed by atoms with Gasteiger partial charge in [0.25, 0.3) is 0 Å². The monoisotopic (exact) mass is 564 g/mol. The zero-order valence-corrected chi connectivity index (χ0v) is 25.7. The minimum Gasteiger partial charge on any atom is -0.491 e. The number of likely N-dealkylation sites (tertiary alicyclic amines) is 1. The molecule has 220 valence electrons. The van der Waals surface area contributed by atoms with Gasteiger partial charge in [-0.15, -0.1) is 0 Å². The van der Waals surface area contributed by atoms with E-state index in [4.69, 9.17) is 9.73 Å². The minimum atomic E-state index is 0.280. The molecular formula is C35H44N6O. The summed E-state index contributed by atoms with van der Waals surface area (Å²) < 4.78 is 6.37. The average Bonchev–Trinajstić information content (AvgIpc) is 3.52. The first-order valence-corrected chi connectivity index (χ1v) is 15.9. The number of fused-ring (bicyclic) bond motifs is 2. The van der Waals surface area contributed by atoms with E-state index in [2.05, 4.69) is 69.8 Å². The third-order valence-corrected chi connectivity index (χ3v) is 9.55. The molecule has 0 saturated carbocycles. The summed E-state index contributed by atoms with van der Waals surface area (Å²) in [5, 5.41) is 0. The van der Waals surface area contributed by atoms with Crippen LogP contribution in [0.25, 0.3) is 22.3 Å². The Bertz CT molecular complexity index is 1600. The van der Waals surface area contributed by atoms with Crippen LogP contribution < -0.4 is 4.74 Å². The maximum atomic E-state index is 6.37. The second kappa shape index (κ2) is 11.0. The molecule has 4 aliphatic rings. The molecule has 0 amide bonds. The van der Waals surface area contributed by atoms with E-state index in [0.29, 0.717) is 6.61 Å². The van der Waals surface area contributed by atoms with Gasteiger partial charge >= 0.3 is 0 Å². The number of nitrogens with zero attached hydrogens (tertiary/aromatic N) is 5. The number of rotatable bonds is 5. The highest BCUT2D eigenvalue weighted by Crippen LogP contribution is 2.46. The number of aromatic amines is 1. The van der Waals surface area contributed by atoms with Crippen LogP contribution in [-0.4, -0.2) is 63.2 Å². The standard InChI is InChI=1S/C35H44N6O/c1-5-24-17-28(22-40-12-6-7-13-40)39-30-10-11-35(3,4)19-29(30)33(24)41-14-15-42-32-9-8-25(16-27(32)21-41)26-18-31-34(36-20-26)38-23(2)37-31/h8-9,16,18,20H,5-7,10-15,17,19,21-22H2,1-4H3,(H,36,37,38). The molecule has 1 fully saturated rings. The van der Waals surface area contributed by atoms with Crippen molar-refractivity contribution in [2.45, 2.75) is 79.2 Å². The zero-order chi connectivity index (χ0) is 28.8. The first-order chi connectivity index (χ1) is 20.3. The number of H-pyrrole nitrogens is 1. The smallest absolute Gasteiger partial charge is 0.177 e. The number of hydrogen-bond acceptors (Lipinski definition) is 6. The predicted molar refractivity (Wildman–Crippen MR) is 170 cm³/mol. The molecule has 0 unspecified atom stereocenters. The summed E-state index contributed by atoms with van der Waals surface area (Å²) in [6.07, 6.45) is 9.95. The van der Waals surface area contributed by atoms with Crippen LogP contribution in [0.2, 0.25) is 0 Å². The number of nitrogens with one attached hydrogen (secondary N) is 1. The van der Waals surface area contributed by atoms with Crippen LogP contribution in [0.1, 0.15) is 77.1 Å². The maximum Gasteiger partial charge on any atom is 0.177 e. The SMILES string of the molecule is CCC1=C(N2CCOc3ccc(-c4cnc5nc(C)[nH]c5c4)cc3C2)C2=C(CCC(C)(C)C2)N=C(CN2CCCC2)C1. The molecular weight excluding hydrogens is 520 g/mol. The van der Waals surface area contributed by atoms with Gasteiger partial charge in [0.2, 0.25) is 0 Å². The lowest BCUT2D eigenvalue weighted by atomic mass is 9.74. The number of ether oxygens (including phenoxy) is 1. The van der Waals surface area contributed by atoms with Gasteiger partial charge in [-0.1, -0.05) is 26.8 Å². The Morgan fingerprint density at radius 2 is 1.93 bits per heavy atom. The molecule has 7 rings (SSSR count). The van der Waals surface area contributed by atoms with Gasteiger partial charge in [0.05, 0.1) is 12.1 Å². The summed E-state index contributed by atoms with van der Waals surface area (Å²) >= 11 is 0. The van der Waals surface area contributed by atoms with Gasteiger partial charge < -0.3 is 14.6 Å². The fourth-order valence-corrected chi connectivity index (χ4v) is 7.33. The van der Waals surface area contributed by atoms with E-state index in [1.54, 1.807) is 5.57 Å². The number of benzene rings is 1. The molecule has 3 aromatic rings. The Kier molecular flexibility index (Phi) is 7.17. The van der Waals surface area contributed by atoms with E-state index in [0.717, 1.165) is 79.2 Å². The van der Waals surface area contributed by atoms with Crippen molar-refractivity contribution in [3.63, 3.8) is 0 Å². The van der Waals surface area contributed by atoms with E-state index in [-0.39, 0.29) is 5.41 Å². The molecule has 0 bridgehead atoms. The van der Waals surface area contributed by atoms with Crippen molar-refractivity contribution in [2.75, 3.05) is 32.8 Å². The van der Waals surface area contributed by atoms with E-state index in [1.165, 1.54) is 60.6 Å². The summed E-state index contributed by atoms with van der Waals surface area (Å²) in [5.41, 5.74) is 12.7. The summed E-state index contributed by atoms with van der Waals surface area (Å²) in [6.45, 7) is 15.0. The quantitative estimate of drug-likeness (QED) is 0.355. The number of aryl methyl sites for hydroxylation is 1. The first-order valence-electron chi connectivity index (χ1n) is 15.9. The van der Waals surface area contributed by atoms with Crippen molar-refractivity contribution < 1.29 is 4.74 Å². The number of imidazole rings is 1. The fraction of sp³-hybridized carbons (Fsp3) is 0.514. The molecule has 0 radical (unpaired) electrons. The van der Waals surface area contributed by atoms with Crippen LogP contribution in [-0.2, 0) is 6.54 Å². The molecule has 0 atom stereocenters. The minimum absolute atomic E-state index is 0.280. The molecule has 42 heavy (non-hydrogen) atoms. The summed E-state index contributed by atoms with van der Waals surface area (Å²) in [6, 6.07) is 8.76. The molecule has 1 saturated heterocycles. The Labute approximate surface area is 249 Å². The third kappa shape index (κ3) is 5.39. The highest BCUT2D eigenvalue weighted by molar-refractivity contribution is 5.90. The van der Waals surface area contributed by atoms with Crippen molar-refractivity contribution in [1.82, 2.24) is 24.8 Å². The number of allylic oxidation sites excluding steroid dienone is 3. The van der Waals surface area contributed by atoms with Crippen LogP contribution >= 0.6 is 0 Å². The van der Waals surface area contributed by atoms with E-state index in [1.807, 2.05) is 13.1 Å². The Balaban J connectivity index is 1.25. The number of aliphatic imine (C=N–C) groups is 1. The molecule has 3 aliphatic heterocycles. The topological polar surface area (TPSA) is 69.6 Å². The molecule has 5 heterocycles. The summed E-state index contributed by atoms with van der Waals surface area (Å²) in [7, 11) is 0. The van der Waals surface area contributed by atoms with Gasteiger partial charge in [0.1, 0.15) is 18.2 Å². The highest BCUT2D eigenvalue weighted by atomic mass is 16.5. The molecule has 1 N–H and O–H groups in total. The number of hydrogen-bond donors (Lipinski definition) is 1. The number of pyridine rings is 1. The van der Waals surface area contributed by atoms with Crippen LogP contribution in [0, 0.1) is 12.3 Å². The van der Waals surface area contributed by atoms with Crippen LogP contribution in [0.5, 0.6) is 5.75 Å². The van der Waals surface area contributed by atoms with Gasteiger partial charge in [-0.25, -0.2) is 9.97 Å². The van der Waals surface area contributed by atoms with E-state index < -0.39 is 0 Å². The molecule has 1 aliphatic carbocycles. The second-order valence-electron chi connectivity index (χ2n) is 13.4. The van der Waals surface area contributed by atoms with Crippen molar-refractivity contribution in [3.8, 4) is 16.9 Å². The summed E-state index contributed by atoms with van der Waals surface area (Å²) in [4.78, 5) is 23.1. The second-order valence-corrected chi connectivity index (χ2v) is 13.4. The van der Waals surface area contributed by atoms with Crippen LogP contribution in [0.4, 0.5) is 0 Å². The van der Waals surface area contributed by atoms with Crippen molar-refractivity contribution in [3.05, 3.63) is 64.4 Å². The van der Waals surface area contributed by atoms with Gasteiger partial charge in [-0.2, -0.15) is 0 Å². The Morgan fingerprint density at radius 1 is 1.07 bits per heavy atom. The van der Waals surface area contributed by atoms with Crippen molar-refractivity contribution >= 4 is 16.9 Å². The molecule has 1 aromatic carbocycles. The van der Waals surface area contributed by atoms with Crippen LogP contribution in [0.15, 0.2) is 58.0 Å². The van der Waals surface area contributed by atoms with E-state index >= 15 is 0 Å². The van der Waals surface area contributed by atoms with Crippen molar-refractivity contribution in [1.29, 1.82) is 0 Å². The Hall–Kier alpha value is -3.45. The van der Waals surface area contributed by atoms with Gasteiger partial charge in [-0.3, -0.25) is 9.89 Å². The maximum absolute atomic E-state index is 6.37. The average molecular weight is 565 g/mol. The third-order valence-electron chi connectivity index (χ3n) is 9.55. The molecule has 7 heteroatoms. The lowest BCUT2D eigenvalue weighted by molar-refractivity contribution is 0.254.